The summed E-state index contributed by atoms with van der Waals surface area (Å²) in [5.74, 6) is 0. The van der Waals surface area contributed by atoms with E-state index in [1.807, 2.05) is 0 Å². The van der Waals surface area contributed by atoms with Crippen LogP contribution in [0.2, 0.25) is 0 Å². The van der Waals surface area contributed by atoms with Crippen LogP contribution in [0.4, 0.5) is 4.39 Å². The summed E-state index contributed by atoms with van der Waals surface area (Å²) in [5, 5.41) is 17.6. The van der Waals surface area contributed by atoms with Gasteiger partial charge in [-0.3, -0.25) is 0 Å². The molecule has 0 aromatic carbocycles. The number of hydrogen-bond acceptors (Lipinski definition) is 2. The number of alkyl halides is 1. The Kier molecular flexibility index (Phi) is 1.91. The van der Waals surface area contributed by atoms with Gasteiger partial charge in [-0.2, -0.15) is 5.26 Å². The summed E-state index contributed by atoms with van der Waals surface area (Å²) in [4.78, 5) is 0. The lowest BCUT2D eigenvalue weighted by atomic mass is 9.84. The maximum absolute atomic E-state index is 12.8. The Labute approximate surface area is 59.3 Å². The van der Waals surface area contributed by atoms with Gasteiger partial charge in [0, 0.05) is 0 Å². The molecule has 0 radical (unpaired) electrons. The van der Waals surface area contributed by atoms with Crippen LogP contribution in [-0.4, -0.2) is 16.9 Å². The maximum Gasteiger partial charge on any atom is 0.182 e. The Morgan fingerprint density at radius 3 is 2.70 bits per heavy atom. The molecule has 0 spiro atoms. The van der Waals surface area contributed by atoms with Gasteiger partial charge in [-0.25, -0.2) is 4.39 Å². The zero-order valence-corrected chi connectivity index (χ0v) is 5.68. The topological polar surface area (TPSA) is 44.0 Å². The summed E-state index contributed by atoms with van der Waals surface area (Å²) in [6.07, 6.45) is 0.802. The van der Waals surface area contributed by atoms with E-state index in [4.69, 9.17) is 5.26 Å². The van der Waals surface area contributed by atoms with Crippen LogP contribution in [0.1, 0.15) is 25.7 Å². The number of nitrogens with zero attached hydrogens (tertiary/aromatic N) is 1. The fourth-order valence-electron chi connectivity index (χ4n) is 1.24. The minimum absolute atomic E-state index is 0.282. The van der Waals surface area contributed by atoms with Gasteiger partial charge in [-0.15, -0.1) is 0 Å². The predicted octanol–water partition coefficient (Wildman–Crippen LogP) is 1.15. The average molecular weight is 143 g/mol. The van der Waals surface area contributed by atoms with Gasteiger partial charge >= 0.3 is 0 Å². The molecule has 1 fully saturated rings. The van der Waals surface area contributed by atoms with Crippen LogP contribution in [0.25, 0.3) is 0 Å². The van der Waals surface area contributed by atoms with E-state index < -0.39 is 11.8 Å². The monoisotopic (exact) mass is 143 g/mol. The summed E-state index contributed by atoms with van der Waals surface area (Å²) in [6.45, 7) is 0. The van der Waals surface area contributed by atoms with Crippen molar-refractivity contribution in [2.24, 2.45) is 0 Å². The van der Waals surface area contributed by atoms with Gasteiger partial charge in [0.15, 0.2) is 5.60 Å². The van der Waals surface area contributed by atoms with Crippen molar-refractivity contribution in [1.29, 1.82) is 5.26 Å². The zero-order chi connectivity index (χ0) is 7.61. The second-order valence-corrected chi connectivity index (χ2v) is 2.75. The molecule has 0 aliphatic heterocycles. The van der Waals surface area contributed by atoms with Gasteiger partial charge in [0.25, 0.3) is 0 Å². The highest BCUT2D eigenvalue weighted by Crippen LogP contribution is 2.29. The van der Waals surface area contributed by atoms with E-state index in [1.54, 1.807) is 6.07 Å². The molecule has 1 saturated carbocycles. The third-order valence-corrected chi connectivity index (χ3v) is 1.98. The molecule has 0 aromatic rings. The lowest BCUT2D eigenvalue weighted by molar-refractivity contribution is -0.0164. The molecule has 0 bridgehead atoms. The summed E-state index contributed by atoms with van der Waals surface area (Å²) >= 11 is 0. The molecule has 1 aliphatic carbocycles. The van der Waals surface area contributed by atoms with Crippen molar-refractivity contribution >= 4 is 0 Å². The first-order valence-electron chi connectivity index (χ1n) is 3.47. The lowest BCUT2D eigenvalue weighted by Crippen LogP contribution is -2.40. The zero-order valence-electron chi connectivity index (χ0n) is 5.68. The van der Waals surface area contributed by atoms with Crippen molar-refractivity contribution < 1.29 is 9.50 Å². The van der Waals surface area contributed by atoms with Crippen molar-refractivity contribution in [3.63, 3.8) is 0 Å². The van der Waals surface area contributed by atoms with Gasteiger partial charge in [0.1, 0.15) is 12.2 Å². The van der Waals surface area contributed by atoms with Crippen LogP contribution in [0.3, 0.4) is 0 Å². The van der Waals surface area contributed by atoms with Crippen molar-refractivity contribution in [3.8, 4) is 6.07 Å². The first-order valence-corrected chi connectivity index (χ1v) is 3.47. The van der Waals surface area contributed by atoms with E-state index in [-0.39, 0.29) is 6.42 Å². The molecule has 2 nitrogen and oxygen atoms in total. The fraction of sp³-hybridized carbons (Fsp3) is 0.857. The predicted molar refractivity (Wildman–Crippen MR) is 33.9 cm³/mol. The van der Waals surface area contributed by atoms with E-state index in [9.17, 15) is 9.50 Å². The highest BCUT2D eigenvalue weighted by atomic mass is 19.1. The largest absolute Gasteiger partial charge is 0.373 e. The van der Waals surface area contributed by atoms with Gasteiger partial charge in [-0.05, 0) is 19.3 Å². The smallest absolute Gasteiger partial charge is 0.182 e. The van der Waals surface area contributed by atoms with Gasteiger partial charge in [0.05, 0.1) is 0 Å². The van der Waals surface area contributed by atoms with Gasteiger partial charge in [0.2, 0.25) is 0 Å². The summed E-state index contributed by atoms with van der Waals surface area (Å²) < 4.78 is 12.8. The Balaban J connectivity index is 2.65. The van der Waals surface area contributed by atoms with Gasteiger partial charge in [-0.1, -0.05) is 6.42 Å². The molecular formula is C7H10FNO. The fourth-order valence-corrected chi connectivity index (χ4v) is 1.24. The molecule has 0 unspecified atom stereocenters. The van der Waals surface area contributed by atoms with Crippen molar-refractivity contribution in [3.05, 3.63) is 0 Å². The molecule has 1 rings (SSSR count). The van der Waals surface area contributed by atoms with Crippen LogP contribution < -0.4 is 0 Å². The van der Waals surface area contributed by atoms with E-state index >= 15 is 0 Å². The normalized spacial score (nSPS) is 40.7. The molecule has 0 aromatic heterocycles. The van der Waals surface area contributed by atoms with Gasteiger partial charge < -0.3 is 5.11 Å². The second kappa shape index (κ2) is 2.55. The first-order chi connectivity index (χ1) is 4.69. The number of aliphatic hydroxyl groups is 1. The molecule has 1 N–H and O–H groups in total. The Bertz CT molecular complexity index is 165. The first kappa shape index (κ1) is 7.49. The minimum atomic E-state index is -1.68. The molecule has 10 heavy (non-hydrogen) atoms. The second-order valence-electron chi connectivity index (χ2n) is 2.75. The van der Waals surface area contributed by atoms with E-state index in [0.717, 1.165) is 12.8 Å². The highest BCUT2D eigenvalue weighted by Gasteiger charge is 2.39. The van der Waals surface area contributed by atoms with Crippen molar-refractivity contribution in [1.82, 2.24) is 0 Å². The lowest BCUT2D eigenvalue weighted by Gasteiger charge is -2.28. The van der Waals surface area contributed by atoms with Crippen LogP contribution >= 0.6 is 0 Å². The summed E-state index contributed by atoms with van der Waals surface area (Å²) in [5.41, 5.74) is -1.68. The molecule has 0 heterocycles. The Morgan fingerprint density at radius 1 is 1.60 bits per heavy atom. The standard InChI is InChI=1S/C7H10FNO/c8-6-3-1-2-4-7(6,10)5-9/h6,10H,1-4H2/t6-,7+/m1/s1. The molecule has 56 valence electrons. The summed E-state index contributed by atoms with van der Waals surface area (Å²) in [7, 11) is 0. The van der Waals surface area contributed by atoms with E-state index in [0.29, 0.717) is 6.42 Å². The summed E-state index contributed by atoms with van der Waals surface area (Å²) in [6, 6.07) is 1.61. The number of halogens is 1. The molecule has 2 atom stereocenters. The SMILES string of the molecule is N#C[C@@]1(O)CCCC[C@H]1F. The molecule has 0 saturated heterocycles. The minimum Gasteiger partial charge on any atom is -0.373 e. The Hall–Kier alpha value is -0.620. The number of hydrogen-bond donors (Lipinski definition) is 1. The van der Waals surface area contributed by atoms with Crippen molar-refractivity contribution in [2.45, 2.75) is 37.5 Å². The molecular weight excluding hydrogens is 133 g/mol. The molecule has 3 heteroatoms. The average Bonchev–Trinajstić information content (AvgIpc) is 1.96. The Morgan fingerprint density at radius 2 is 2.30 bits per heavy atom. The third-order valence-electron chi connectivity index (χ3n) is 1.98. The van der Waals surface area contributed by atoms with Crippen molar-refractivity contribution in [2.75, 3.05) is 0 Å². The maximum atomic E-state index is 12.8. The quantitative estimate of drug-likeness (QED) is 0.517. The van der Waals surface area contributed by atoms with Crippen LogP contribution in [0, 0.1) is 11.3 Å². The van der Waals surface area contributed by atoms with Crippen LogP contribution in [0.15, 0.2) is 0 Å². The van der Waals surface area contributed by atoms with Crippen LogP contribution in [0.5, 0.6) is 0 Å². The highest BCUT2D eigenvalue weighted by molar-refractivity contribution is 5.06. The van der Waals surface area contributed by atoms with E-state index in [2.05, 4.69) is 0 Å². The molecule has 0 amide bonds. The van der Waals surface area contributed by atoms with E-state index in [1.165, 1.54) is 0 Å². The third kappa shape index (κ3) is 1.12. The van der Waals surface area contributed by atoms with Crippen LogP contribution in [-0.2, 0) is 0 Å². The number of nitriles is 1. The number of rotatable bonds is 0. The molecule has 1 aliphatic rings.